The SMILES string of the molecule is Cc1cc(OCC(=O)NCc2ccccc2OC(F)(F)F)ccc1[N+](=O)[O-]. The van der Waals surface area contributed by atoms with E-state index in [4.69, 9.17) is 4.74 Å². The average molecular weight is 384 g/mol. The predicted octanol–water partition coefficient (Wildman–Crippen LogP) is 3.50. The van der Waals surface area contributed by atoms with E-state index in [2.05, 4.69) is 10.1 Å². The molecule has 0 radical (unpaired) electrons. The maximum atomic E-state index is 12.4. The predicted molar refractivity (Wildman–Crippen MR) is 88.3 cm³/mol. The molecule has 0 saturated heterocycles. The molecule has 2 aromatic carbocycles. The highest BCUT2D eigenvalue weighted by Gasteiger charge is 2.31. The van der Waals surface area contributed by atoms with Gasteiger partial charge in [0.15, 0.2) is 6.61 Å². The second kappa shape index (κ2) is 8.39. The third-order valence-corrected chi connectivity index (χ3v) is 3.41. The number of benzene rings is 2. The number of rotatable bonds is 7. The summed E-state index contributed by atoms with van der Waals surface area (Å²) in [5.74, 6) is -0.723. The maximum Gasteiger partial charge on any atom is 0.573 e. The minimum absolute atomic E-state index is 0.0759. The number of carbonyl (C=O) groups is 1. The molecule has 0 heterocycles. The van der Waals surface area contributed by atoms with Gasteiger partial charge in [0, 0.05) is 23.7 Å². The fraction of sp³-hybridized carbons (Fsp3) is 0.235. The van der Waals surface area contributed by atoms with Crippen molar-refractivity contribution >= 4 is 11.6 Å². The summed E-state index contributed by atoms with van der Waals surface area (Å²) in [6.45, 7) is 0.940. The first kappa shape index (κ1) is 20.0. The lowest BCUT2D eigenvalue weighted by atomic mass is 10.2. The Kier molecular flexibility index (Phi) is 6.22. The molecule has 0 spiro atoms. The van der Waals surface area contributed by atoms with Gasteiger partial charge in [-0.25, -0.2) is 0 Å². The number of aryl methyl sites for hydroxylation is 1. The number of halogens is 3. The van der Waals surface area contributed by atoms with Crippen LogP contribution >= 0.6 is 0 Å². The van der Waals surface area contributed by atoms with E-state index >= 15 is 0 Å². The highest BCUT2D eigenvalue weighted by Crippen LogP contribution is 2.26. The molecule has 144 valence electrons. The number of alkyl halides is 3. The lowest BCUT2D eigenvalue weighted by Gasteiger charge is -2.14. The van der Waals surface area contributed by atoms with Crippen molar-refractivity contribution in [1.82, 2.24) is 5.32 Å². The van der Waals surface area contributed by atoms with Crippen LogP contribution in [0.1, 0.15) is 11.1 Å². The molecule has 0 unspecified atom stereocenters. The molecule has 2 aromatic rings. The number of nitrogens with zero attached hydrogens (tertiary/aromatic N) is 1. The van der Waals surface area contributed by atoms with E-state index in [1.165, 1.54) is 43.3 Å². The van der Waals surface area contributed by atoms with Crippen LogP contribution in [0, 0.1) is 17.0 Å². The van der Waals surface area contributed by atoms with E-state index in [1.54, 1.807) is 0 Å². The molecule has 10 heteroatoms. The van der Waals surface area contributed by atoms with Gasteiger partial charge in [-0.2, -0.15) is 0 Å². The Hall–Kier alpha value is -3.30. The van der Waals surface area contributed by atoms with Gasteiger partial charge in [0.2, 0.25) is 0 Å². The molecule has 2 rings (SSSR count). The quantitative estimate of drug-likeness (QED) is 0.583. The lowest BCUT2D eigenvalue weighted by molar-refractivity contribution is -0.385. The van der Waals surface area contributed by atoms with E-state index in [0.29, 0.717) is 5.56 Å². The Labute approximate surface area is 151 Å². The second-order valence-corrected chi connectivity index (χ2v) is 5.43. The van der Waals surface area contributed by atoms with Gasteiger partial charge < -0.3 is 14.8 Å². The Bertz CT molecular complexity index is 840. The summed E-state index contributed by atoms with van der Waals surface area (Å²) < 4.78 is 46.2. The lowest BCUT2D eigenvalue weighted by Crippen LogP contribution is -2.29. The normalized spacial score (nSPS) is 11.0. The van der Waals surface area contributed by atoms with E-state index in [-0.39, 0.29) is 23.5 Å². The molecule has 1 amide bonds. The van der Waals surface area contributed by atoms with E-state index in [9.17, 15) is 28.1 Å². The van der Waals surface area contributed by atoms with Gasteiger partial charge in [-0.15, -0.1) is 13.2 Å². The van der Waals surface area contributed by atoms with Crippen LogP contribution in [0.15, 0.2) is 42.5 Å². The molecule has 0 aromatic heterocycles. The largest absolute Gasteiger partial charge is 0.573 e. The summed E-state index contributed by atoms with van der Waals surface area (Å²) >= 11 is 0. The summed E-state index contributed by atoms with van der Waals surface area (Å²) in [6.07, 6.45) is -4.84. The number of nitrogens with one attached hydrogen (secondary N) is 1. The van der Waals surface area contributed by atoms with Crippen LogP contribution in [0.25, 0.3) is 0 Å². The van der Waals surface area contributed by atoms with Gasteiger partial charge in [0.25, 0.3) is 11.6 Å². The van der Waals surface area contributed by atoms with Crippen LogP contribution in [0.5, 0.6) is 11.5 Å². The molecule has 0 aliphatic rings. The molecule has 7 nitrogen and oxygen atoms in total. The highest BCUT2D eigenvalue weighted by molar-refractivity contribution is 5.77. The van der Waals surface area contributed by atoms with Gasteiger partial charge in [0.1, 0.15) is 11.5 Å². The van der Waals surface area contributed by atoms with Crippen molar-refractivity contribution in [2.45, 2.75) is 19.8 Å². The topological polar surface area (TPSA) is 90.7 Å². The van der Waals surface area contributed by atoms with Gasteiger partial charge in [-0.3, -0.25) is 14.9 Å². The number of carbonyl (C=O) groups excluding carboxylic acids is 1. The van der Waals surface area contributed by atoms with Crippen molar-refractivity contribution in [1.29, 1.82) is 0 Å². The Morgan fingerprint density at radius 3 is 2.56 bits per heavy atom. The van der Waals surface area contributed by atoms with Crippen molar-refractivity contribution in [2.75, 3.05) is 6.61 Å². The van der Waals surface area contributed by atoms with Gasteiger partial charge in [-0.1, -0.05) is 18.2 Å². The molecule has 0 atom stereocenters. The smallest absolute Gasteiger partial charge is 0.484 e. The maximum absolute atomic E-state index is 12.4. The number of nitro benzene ring substituents is 1. The molecule has 0 bridgehead atoms. The fourth-order valence-electron chi connectivity index (χ4n) is 2.19. The van der Waals surface area contributed by atoms with Crippen molar-refractivity contribution in [2.24, 2.45) is 0 Å². The monoisotopic (exact) mass is 384 g/mol. The first-order valence-electron chi connectivity index (χ1n) is 7.64. The van der Waals surface area contributed by atoms with Crippen molar-refractivity contribution in [3.63, 3.8) is 0 Å². The van der Waals surface area contributed by atoms with Crippen LogP contribution in [0.3, 0.4) is 0 Å². The summed E-state index contributed by atoms with van der Waals surface area (Å²) in [5.41, 5.74) is 0.443. The molecule has 0 aliphatic heterocycles. The second-order valence-electron chi connectivity index (χ2n) is 5.43. The first-order valence-corrected chi connectivity index (χ1v) is 7.64. The third kappa shape index (κ3) is 6.17. The van der Waals surface area contributed by atoms with Gasteiger partial charge >= 0.3 is 6.36 Å². The summed E-state index contributed by atoms with van der Waals surface area (Å²) in [7, 11) is 0. The standard InChI is InChI=1S/C17H15F3N2O5/c1-11-8-13(6-7-14(11)22(24)25)26-10-16(23)21-9-12-4-2-3-5-15(12)27-17(18,19)20/h2-8H,9-10H2,1H3,(H,21,23). The summed E-state index contributed by atoms with van der Waals surface area (Å²) in [5, 5.41) is 13.2. The average Bonchev–Trinajstić information content (AvgIpc) is 2.57. The van der Waals surface area contributed by atoms with E-state index in [0.717, 1.165) is 6.07 Å². The van der Waals surface area contributed by atoms with Crippen molar-refractivity contribution in [3.05, 3.63) is 63.7 Å². The number of hydrogen-bond donors (Lipinski definition) is 1. The van der Waals surface area contributed by atoms with Crippen molar-refractivity contribution in [3.8, 4) is 11.5 Å². The zero-order valence-electron chi connectivity index (χ0n) is 14.1. The zero-order chi connectivity index (χ0) is 20.0. The molecular weight excluding hydrogens is 369 g/mol. The van der Waals surface area contributed by atoms with E-state index in [1.807, 2.05) is 0 Å². The summed E-state index contributed by atoms with van der Waals surface area (Å²) in [6, 6.07) is 9.45. The van der Waals surface area contributed by atoms with Crippen LogP contribution in [-0.4, -0.2) is 23.8 Å². The number of amides is 1. The highest BCUT2D eigenvalue weighted by atomic mass is 19.4. The van der Waals surface area contributed by atoms with Crippen LogP contribution in [-0.2, 0) is 11.3 Å². The number of hydrogen-bond acceptors (Lipinski definition) is 5. The van der Waals surface area contributed by atoms with E-state index < -0.39 is 29.5 Å². The summed E-state index contributed by atoms with van der Waals surface area (Å²) in [4.78, 5) is 22.1. The Balaban J connectivity index is 1.90. The van der Waals surface area contributed by atoms with Gasteiger partial charge in [0.05, 0.1) is 4.92 Å². The zero-order valence-corrected chi connectivity index (χ0v) is 14.1. The van der Waals surface area contributed by atoms with Crippen LogP contribution in [0.4, 0.5) is 18.9 Å². The fourth-order valence-corrected chi connectivity index (χ4v) is 2.19. The Morgan fingerprint density at radius 2 is 1.93 bits per heavy atom. The van der Waals surface area contributed by atoms with Crippen LogP contribution in [0.2, 0.25) is 0 Å². The molecule has 1 N–H and O–H groups in total. The molecule has 0 aliphatic carbocycles. The van der Waals surface area contributed by atoms with Crippen molar-refractivity contribution < 1.29 is 32.4 Å². The molecule has 0 saturated carbocycles. The first-order chi connectivity index (χ1) is 12.7. The molecular formula is C17H15F3N2O5. The minimum Gasteiger partial charge on any atom is -0.484 e. The van der Waals surface area contributed by atoms with Gasteiger partial charge in [-0.05, 0) is 25.1 Å². The number of para-hydroxylation sites is 1. The Morgan fingerprint density at radius 1 is 1.22 bits per heavy atom. The number of nitro groups is 1. The third-order valence-electron chi connectivity index (χ3n) is 3.41. The van der Waals surface area contributed by atoms with Crippen LogP contribution < -0.4 is 14.8 Å². The minimum atomic E-state index is -4.84. The number of ether oxygens (including phenoxy) is 2. The molecule has 27 heavy (non-hydrogen) atoms. The molecule has 0 fully saturated rings.